The van der Waals surface area contributed by atoms with Crippen molar-refractivity contribution in [3.05, 3.63) is 29.8 Å². The smallest absolute Gasteiger partial charge is 0.313 e. The first kappa shape index (κ1) is 20.0. The second kappa shape index (κ2) is 8.10. The summed E-state index contributed by atoms with van der Waals surface area (Å²) in [5.41, 5.74) is -0.420. The maximum absolute atomic E-state index is 13.5. The maximum atomic E-state index is 13.5. The number of hydrogen-bond donors (Lipinski definition) is 2. The molecule has 0 bridgehead atoms. The molecule has 27 heavy (non-hydrogen) atoms. The molecule has 0 saturated carbocycles. The number of benzene rings is 1. The van der Waals surface area contributed by atoms with Gasteiger partial charge in [0.1, 0.15) is 5.41 Å². The molecule has 150 valence electrons. The van der Waals surface area contributed by atoms with Crippen LogP contribution in [0, 0.1) is 17.0 Å². The predicted molar refractivity (Wildman–Crippen MR) is 98.8 cm³/mol. The number of carboxylic acids is 1. The highest BCUT2D eigenvalue weighted by Gasteiger charge is 2.49. The fraction of sp³-hybridized carbons (Fsp3) is 0.650. The van der Waals surface area contributed by atoms with Crippen LogP contribution in [0.25, 0.3) is 0 Å². The van der Waals surface area contributed by atoms with E-state index in [9.17, 15) is 23.8 Å². The van der Waals surface area contributed by atoms with Gasteiger partial charge in [-0.05, 0) is 37.8 Å². The van der Waals surface area contributed by atoms with Crippen LogP contribution in [0.4, 0.5) is 14.5 Å². The van der Waals surface area contributed by atoms with Gasteiger partial charge in [0, 0.05) is 44.0 Å². The first-order chi connectivity index (χ1) is 12.9. The highest BCUT2D eigenvalue weighted by atomic mass is 19.2. The number of likely N-dealkylation sites (tertiary alicyclic amines) is 1. The van der Waals surface area contributed by atoms with Gasteiger partial charge in [0.05, 0.1) is 6.10 Å². The molecule has 1 aromatic carbocycles. The molecule has 0 unspecified atom stereocenters. The third-order valence-electron chi connectivity index (χ3n) is 6.18. The zero-order valence-electron chi connectivity index (χ0n) is 15.7. The molecule has 0 amide bonds. The summed E-state index contributed by atoms with van der Waals surface area (Å²) in [7, 11) is 0. The third-order valence-corrected chi connectivity index (χ3v) is 6.18. The van der Waals surface area contributed by atoms with E-state index in [-0.39, 0.29) is 6.04 Å². The standard InChI is InChI=1S/C20H28F2N2O3/c1-2-8-20(19(26)27)13-24(11-7-18(20)25)14-5-9-23(10-6-14)15-3-4-16(21)17(22)12-15/h3-4,12,14,18,25H,2,5-11,13H2,1H3,(H,26,27)/t18-,20+/m0/s1. The molecule has 2 saturated heterocycles. The average Bonchev–Trinajstić information content (AvgIpc) is 2.66. The summed E-state index contributed by atoms with van der Waals surface area (Å²) in [5.74, 6) is -2.60. The first-order valence-electron chi connectivity index (χ1n) is 9.73. The van der Waals surface area contributed by atoms with Crippen molar-refractivity contribution in [3.63, 3.8) is 0 Å². The van der Waals surface area contributed by atoms with Crippen LogP contribution >= 0.6 is 0 Å². The summed E-state index contributed by atoms with van der Waals surface area (Å²) in [6, 6.07) is 4.21. The summed E-state index contributed by atoms with van der Waals surface area (Å²) in [5, 5.41) is 20.2. The normalized spacial score (nSPS) is 27.7. The number of carbonyl (C=O) groups is 1. The van der Waals surface area contributed by atoms with Crippen molar-refractivity contribution >= 4 is 11.7 Å². The largest absolute Gasteiger partial charge is 0.481 e. The van der Waals surface area contributed by atoms with Gasteiger partial charge in [0.2, 0.25) is 0 Å². The molecule has 3 rings (SSSR count). The molecular weight excluding hydrogens is 354 g/mol. The number of aliphatic hydroxyl groups is 1. The minimum Gasteiger partial charge on any atom is -0.481 e. The molecule has 0 aliphatic carbocycles. The maximum Gasteiger partial charge on any atom is 0.313 e. The second-order valence-corrected chi connectivity index (χ2v) is 7.80. The molecule has 0 spiro atoms. The number of halogens is 2. The fourth-order valence-electron chi connectivity index (χ4n) is 4.60. The van der Waals surface area contributed by atoms with E-state index in [1.165, 1.54) is 6.07 Å². The third kappa shape index (κ3) is 3.94. The Labute approximate surface area is 158 Å². The van der Waals surface area contributed by atoms with Gasteiger partial charge in [-0.1, -0.05) is 13.3 Å². The minimum atomic E-state index is -1.09. The van der Waals surface area contributed by atoms with Crippen LogP contribution < -0.4 is 4.90 Å². The number of carboxylic acid groups (broad SMARTS) is 1. The van der Waals surface area contributed by atoms with Crippen molar-refractivity contribution in [2.24, 2.45) is 5.41 Å². The lowest BCUT2D eigenvalue weighted by molar-refractivity contribution is -0.166. The zero-order valence-corrected chi connectivity index (χ0v) is 15.7. The van der Waals surface area contributed by atoms with Crippen LogP contribution in [-0.4, -0.2) is 59.4 Å². The topological polar surface area (TPSA) is 64.0 Å². The molecule has 1 aromatic rings. The Hall–Kier alpha value is -1.73. The van der Waals surface area contributed by atoms with Crippen molar-refractivity contribution in [1.82, 2.24) is 4.90 Å². The Kier molecular flexibility index (Phi) is 6.01. The quantitative estimate of drug-likeness (QED) is 0.820. The van der Waals surface area contributed by atoms with E-state index >= 15 is 0 Å². The number of piperidine rings is 2. The van der Waals surface area contributed by atoms with Crippen LogP contribution in [0.3, 0.4) is 0 Å². The number of aliphatic carboxylic acids is 1. The van der Waals surface area contributed by atoms with Gasteiger partial charge in [-0.2, -0.15) is 0 Å². The molecular formula is C20H28F2N2O3. The van der Waals surface area contributed by atoms with Gasteiger partial charge in [-0.25, -0.2) is 8.78 Å². The Morgan fingerprint density at radius 1 is 1.19 bits per heavy atom. The van der Waals surface area contributed by atoms with Crippen LogP contribution in [0.15, 0.2) is 18.2 Å². The van der Waals surface area contributed by atoms with Crippen molar-refractivity contribution in [1.29, 1.82) is 0 Å². The van der Waals surface area contributed by atoms with Crippen molar-refractivity contribution in [2.75, 3.05) is 31.1 Å². The molecule has 2 heterocycles. The van der Waals surface area contributed by atoms with Gasteiger partial charge in [-0.15, -0.1) is 0 Å². The lowest BCUT2D eigenvalue weighted by Gasteiger charge is -2.48. The van der Waals surface area contributed by atoms with Crippen LogP contribution in [-0.2, 0) is 4.79 Å². The van der Waals surface area contributed by atoms with E-state index in [0.29, 0.717) is 51.1 Å². The number of aliphatic hydroxyl groups excluding tert-OH is 1. The van der Waals surface area contributed by atoms with E-state index in [2.05, 4.69) is 4.90 Å². The molecule has 7 heteroatoms. The monoisotopic (exact) mass is 382 g/mol. The Balaban J connectivity index is 1.65. The first-order valence-corrected chi connectivity index (χ1v) is 9.73. The summed E-state index contributed by atoms with van der Waals surface area (Å²) in [4.78, 5) is 16.2. The Morgan fingerprint density at radius 3 is 2.48 bits per heavy atom. The van der Waals surface area contributed by atoms with Gasteiger partial charge < -0.3 is 15.1 Å². The second-order valence-electron chi connectivity index (χ2n) is 7.80. The number of hydrogen-bond acceptors (Lipinski definition) is 4. The fourth-order valence-corrected chi connectivity index (χ4v) is 4.60. The molecule has 2 aliphatic heterocycles. The lowest BCUT2D eigenvalue weighted by Crippen LogP contribution is -2.59. The van der Waals surface area contributed by atoms with E-state index < -0.39 is 29.1 Å². The zero-order chi connectivity index (χ0) is 19.6. The Bertz CT molecular complexity index is 679. The summed E-state index contributed by atoms with van der Waals surface area (Å²) >= 11 is 0. The number of nitrogens with zero attached hydrogens (tertiary/aromatic N) is 2. The van der Waals surface area contributed by atoms with E-state index in [1.807, 2.05) is 11.8 Å². The summed E-state index contributed by atoms with van der Waals surface area (Å²) < 4.78 is 26.6. The van der Waals surface area contributed by atoms with Crippen molar-refractivity contribution < 1.29 is 23.8 Å². The molecule has 2 N–H and O–H groups in total. The van der Waals surface area contributed by atoms with Crippen LogP contribution in [0.5, 0.6) is 0 Å². The highest BCUT2D eigenvalue weighted by Crippen LogP contribution is 2.37. The summed E-state index contributed by atoms with van der Waals surface area (Å²) in [6.07, 6.45) is 2.50. The Morgan fingerprint density at radius 2 is 1.89 bits per heavy atom. The van der Waals surface area contributed by atoms with Gasteiger partial charge in [0.25, 0.3) is 0 Å². The van der Waals surface area contributed by atoms with E-state index in [4.69, 9.17) is 0 Å². The van der Waals surface area contributed by atoms with Crippen molar-refractivity contribution in [3.8, 4) is 0 Å². The van der Waals surface area contributed by atoms with Crippen LogP contribution in [0.1, 0.15) is 39.0 Å². The molecule has 2 atom stereocenters. The molecule has 0 aromatic heterocycles. The predicted octanol–water partition coefficient (Wildman–Crippen LogP) is 2.87. The van der Waals surface area contributed by atoms with Crippen LogP contribution in [0.2, 0.25) is 0 Å². The van der Waals surface area contributed by atoms with Crippen molar-refractivity contribution in [2.45, 2.75) is 51.2 Å². The number of rotatable bonds is 5. The number of anilines is 1. The average molecular weight is 382 g/mol. The molecule has 2 fully saturated rings. The summed E-state index contributed by atoms with van der Waals surface area (Å²) in [6.45, 7) is 4.42. The molecule has 0 radical (unpaired) electrons. The van der Waals surface area contributed by atoms with Gasteiger partial charge in [-0.3, -0.25) is 9.69 Å². The van der Waals surface area contributed by atoms with Gasteiger partial charge in [0.15, 0.2) is 11.6 Å². The van der Waals surface area contributed by atoms with E-state index in [1.54, 1.807) is 6.07 Å². The lowest BCUT2D eigenvalue weighted by atomic mass is 9.73. The molecule has 2 aliphatic rings. The van der Waals surface area contributed by atoms with Gasteiger partial charge >= 0.3 is 5.97 Å². The minimum absolute atomic E-state index is 0.245. The molecule has 5 nitrogen and oxygen atoms in total. The highest BCUT2D eigenvalue weighted by molar-refractivity contribution is 5.76. The van der Waals surface area contributed by atoms with E-state index in [0.717, 1.165) is 18.9 Å². The SMILES string of the molecule is CCC[C@@]1(C(=O)O)CN(C2CCN(c3ccc(F)c(F)c3)CC2)CC[C@@H]1O.